The van der Waals surface area contributed by atoms with Gasteiger partial charge in [0, 0.05) is 32.4 Å². The number of nitrogens with zero attached hydrogens (tertiary/aromatic N) is 7. The molecule has 0 radical (unpaired) electrons. The lowest BCUT2D eigenvalue weighted by molar-refractivity contribution is 0.0906. The first-order valence-electron chi connectivity index (χ1n) is 13.7. The van der Waals surface area contributed by atoms with E-state index in [0.29, 0.717) is 30.2 Å². The van der Waals surface area contributed by atoms with Crippen LogP contribution in [-0.2, 0) is 10.2 Å². The maximum atomic E-state index is 15.2. The van der Waals surface area contributed by atoms with Gasteiger partial charge in [0.15, 0.2) is 0 Å². The van der Waals surface area contributed by atoms with Crippen molar-refractivity contribution in [2.75, 3.05) is 37.5 Å². The number of nitrogens with two attached hydrogens (primary N) is 1. The molecule has 1 amide bonds. The smallest absolute Gasteiger partial charge is 0.409 e. The number of methoxy groups -OCH3 is 1. The molecule has 4 heterocycles. The summed E-state index contributed by atoms with van der Waals surface area (Å²) in [6.07, 6.45) is 4.48. The van der Waals surface area contributed by atoms with Gasteiger partial charge in [-0.3, -0.25) is 4.98 Å². The van der Waals surface area contributed by atoms with Crippen LogP contribution >= 0.6 is 0 Å². The summed E-state index contributed by atoms with van der Waals surface area (Å²) in [7, 11) is 3.03. The number of anilines is 3. The van der Waals surface area contributed by atoms with Crippen molar-refractivity contribution in [2.45, 2.75) is 38.3 Å². The third kappa shape index (κ3) is 5.53. The Bertz CT molecular complexity index is 1680. The number of piperidine rings is 1. The highest BCUT2D eigenvalue weighted by atomic mass is 19.1. The van der Waals surface area contributed by atoms with Crippen molar-refractivity contribution in [3.05, 3.63) is 66.1 Å². The van der Waals surface area contributed by atoms with Crippen LogP contribution in [0.15, 0.2) is 48.9 Å². The number of carbonyl (C=O) groups is 1. The summed E-state index contributed by atoms with van der Waals surface area (Å²) in [5.41, 5.74) is 7.54. The number of imidazole rings is 1. The summed E-state index contributed by atoms with van der Waals surface area (Å²) >= 11 is 0. The highest BCUT2D eigenvalue weighted by Gasteiger charge is 2.38. The maximum absolute atomic E-state index is 15.2. The van der Waals surface area contributed by atoms with Gasteiger partial charge < -0.3 is 25.6 Å². The molecule has 11 nitrogen and oxygen atoms in total. The van der Waals surface area contributed by atoms with E-state index in [9.17, 15) is 10.1 Å². The molecule has 13 heteroatoms. The average Bonchev–Trinajstić information content (AvgIpc) is 3.37. The molecule has 224 valence electrons. The van der Waals surface area contributed by atoms with Gasteiger partial charge in [-0.15, -0.1) is 0 Å². The van der Waals surface area contributed by atoms with E-state index in [0.717, 1.165) is 5.69 Å². The zero-order valence-corrected chi connectivity index (χ0v) is 24.5. The number of nitrogens with one attached hydrogen (secondary N) is 1. The molecule has 5 rings (SSSR count). The van der Waals surface area contributed by atoms with E-state index >= 15 is 8.78 Å². The Balaban J connectivity index is 1.45. The monoisotopic (exact) mass is 589 g/mol. The van der Waals surface area contributed by atoms with E-state index in [1.54, 1.807) is 50.5 Å². The molecule has 0 saturated carbocycles. The Kier molecular flexibility index (Phi) is 7.90. The lowest BCUT2D eigenvalue weighted by atomic mass is 9.85. The molecular weight excluding hydrogens is 556 g/mol. The Morgan fingerprint density at radius 1 is 1.21 bits per heavy atom. The number of hydrogen-bond donors (Lipinski definition) is 2. The minimum Gasteiger partial charge on any atom is -0.453 e. The highest BCUT2D eigenvalue weighted by molar-refractivity contribution is 5.74. The molecule has 1 aliphatic rings. The van der Waals surface area contributed by atoms with Crippen molar-refractivity contribution in [1.82, 2.24) is 24.5 Å². The van der Waals surface area contributed by atoms with Gasteiger partial charge in [-0.2, -0.15) is 14.9 Å². The number of fused-ring (bicyclic) bond motifs is 1. The van der Waals surface area contributed by atoms with E-state index in [1.807, 2.05) is 13.0 Å². The van der Waals surface area contributed by atoms with Crippen LogP contribution in [0.4, 0.5) is 30.9 Å². The van der Waals surface area contributed by atoms with Gasteiger partial charge in [0.05, 0.1) is 65.2 Å². The summed E-state index contributed by atoms with van der Waals surface area (Å²) in [5.74, 6) is -1.30. The molecule has 1 saturated heterocycles. The molecule has 4 aromatic rings. The number of amides is 1. The van der Waals surface area contributed by atoms with Crippen molar-refractivity contribution in [2.24, 2.45) is 11.7 Å². The largest absolute Gasteiger partial charge is 0.453 e. The number of nitriles is 1. The van der Waals surface area contributed by atoms with Gasteiger partial charge >= 0.3 is 6.09 Å². The second-order valence-corrected chi connectivity index (χ2v) is 11.3. The molecule has 1 aliphatic heterocycles. The first-order chi connectivity index (χ1) is 20.4. The number of benzene rings is 1. The first kappa shape index (κ1) is 29.7. The maximum Gasteiger partial charge on any atom is 0.409 e. The van der Waals surface area contributed by atoms with Gasteiger partial charge in [0.25, 0.3) is 0 Å². The topological polar surface area (TPSA) is 138 Å². The van der Waals surface area contributed by atoms with Gasteiger partial charge in [-0.05, 0) is 55.7 Å². The summed E-state index contributed by atoms with van der Waals surface area (Å²) in [4.78, 5) is 24.5. The molecule has 3 aromatic heterocycles. The number of hydrogen-bond acceptors (Lipinski definition) is 9. The van der Waals surface area contributed by atoms with Crippen LogP contribution < -0.4 is 16.0 Å². The quantitative estimate of drug-likeness (QED) is 0.334. The lowest BCUT2D eigenvalue weighted by Gasteiger charge is -2.45. The average molecular weight is 590 g/mol. The zero-order valence-electron chi connectivity index (χ0n) is 24.5. The molecule has 0 spiro atoms. The minimum atomic E-state index is -1.06. The Hall–Kier alpha value is -4.83. The molecule has 0 aliphatic carbocycles. The van der Waals surface area contributed by atoms with Gasteiger partial charge in [-0.1, -0.05) is 6.92 Å². The van der Waals surface area contributed by atoms with Crippen molar-refractivity contribution < 1.29 is 18.3 Å². The molecular formula is C30H33F2N9O2. The van der Waals surface area contributed by atoms with E-state index < -0.39 is 23.1 Å². The molecule has 1 aromatic carbocycles. The third-order valence-corrected chi connectivity index (χ3v) is 7.94. The Morgan fingerprint density at radius 3 is 2.58 bits per heavy atom. The van der Waals surface area contributed by atoms with E-state index in [2.05, 4.69) is 31.4 Å². The van der Waals surface area contributed by atoms with Gasteiger partial charge in [-0.25, -0.2) is 18.6 Å². The predicted molar refractivity (Wildman–Crippen MR) is 158 cm³/mol. The van der Waals surface area contributed by atoms with Crippen LogP contribution in [0.3, 0.4) is 0 Å². The number of rotatable bonds is 6. The van der Waals surface area contributed by atoms with E-state index in [4.69, 9.17) is 10.5 Å². The standard InChI is InChI=1S/C30H33F2N9O2/c1-17-14-40(15-22(34)27(17)39(4)29(42)43-5)25-8-9-35-13-24(25)37-28-36-12-19-6-7-23(38-41(19)28)26-20(31)10-18(11-21(26)32)30(2,3)16-33/h6-13,17,22,27H,14-15,34H2,1-5H3,(H,36,37)/t17-,22+,27-/m0/s1. The number of ether oxygens (including phenoxy) is 1. The Morgan fingerprint density at radius 2 is 1.93 bits per heavy atom. The van der Waals surface area contributed by atoms with Crippen molar-refractivity contribution in [3.63, 3.8) is 0 Å². The summed E-state index contributed by atoms with van der Waals surface area (Å²) in [6, 6.07) is 8.89. The molecule has 0 bridgehead atoms. The van der Waals surface area contributed by atoms with Crippen LogP contribution in [-0.4, -0.2) is 69.9 Å². The summed E-state index contributed by atoms with van der Waals surface area (Å²) in [5, 5.41) is 17.2. The second kappa shape index (κ2) is 11.4. The SMILES string of the molecule is COC(=O)N(C)[C@@H]1[C@H](N)CN(c2ccncc2Nc2ncc3ccc(-c4c(F)cc(C(C)(C)C#N)cc4F)nn23)C[C@@H]1C. The van der Waals surface area contributed by atoms with Crippen LogP contribution in [0.5, 0.6) is 0 Å². The zero-order chi connectivity index (χ0) is 31.1. The fourth-order valence-electron chi connectivity index (χ4n) is 5.67. The molecule has 3 N–H and O–H groups in total. The van der Waals surface area contributed by atoms with Gasteiger partial charge in [0.2, 0.25) is 5.95 Å². The number of likely N-dealkylation sites (N-methyl/N-ethyl adjacent to an activating group) is 1. The lowest BCUT2D eigenvalue weighted by Crippen LogP contribution is -2.62. The van der Waals surface area contributed by atoms with Crippen LogP contribution in [0.1, 0.15) is 26.3 Å². The number of carbonyl (C=O) groups excluding carboxylic acids is 1. The summed E-state index contributed by atoms with van der Waals surface area (Å²) < 4.78 is 36.8. The first-order valence-corrected chi connectivity index (χ1v) is 13.7. The number of aromatic nitrogens is 4. The second-order valence-electron chi connectivity index (χ2n) is 11.3. The normalized spacial score (nSPS) is 18.8. The minimum absolute atomic E-state index is 0.0280. The van der Waals surface area contributed by atoms with Crippen molar-refractivity contribution >= 4 is 28.9 Å². The van der Waals surface area contributed by atoms with Crippen LogP contribution in [0.2, 0.25) is 0 Å². The molecule has 0 unspecified atom stereocenters. The van der Waals surface area contributed by atoms with Gasteiger partial charge in [0.1, 0.15) is 11.6 Å². The Labute approximate surface area is 247 Å². The number of halogens is 2. The fraction of sp³-hybridized carbons (Fsp3) is 0.367. The van der Waals surface area contributed by atoms with E-state index in [1.165, 1.54) is 29.8 Å². The molecule has 43 heavy (non-hydrogen) atoms. The van der Waals surface area contributed by atoms with Crippen LogP contribution in [0, 0.1) is 28.9 Å². The highest BCUT2D eigenvalue weighted by Crippen LogP contribution is 2.34. The summed E-state index contributed by atoms with van der Waals surface area (Å²) in [6.45, 7) is 6.30. The third-order valence-electron chi connectivity index (χ3n) is 7.94. The number of pyridine rings is 1. The molecule has 3 atom stereocenters. The van der Waals surface area contributed by atoms with Crippen LogP contribution in [0.25, 0.3) is 16.8 Å². The molecule has 1 fully saturated rings. The van der Waals surface area contributed by atoms with E-state index in [-0.39, 0.29) is 34.8 Å². The predicted octanol–water partition coefficient (Wildman–Crippen LogP) is 4.46. The fourth-order valence-corrected chi connectivity index (χ4v) is 5.67. The van der Waals surface area contributed by atoms with Crippen molar-refractivity contribution in [3.8, 4) is 17.3 Å². The van der Waals surface area contributed by atoms with Crippen molar-refractivity contribution in [1.29, 1.82) is 5.26 Å².